The fourth-order valence-electron chi connectivity index (χ4n) is 2.77. The van der Waals surface area contributed by atoms with Crippen LogP contribution in [0.2, 0.25) is 0 Å². The molecule has 5 nitrogen and oxygen atoms in total. The summed E-state index contributed by atoms with van der Waals surface area (Å²) >= 11 is 0. The van der Waals surface area contributed by atoms with Crippen LogP contribution in [0, 0.1) is 5.92 Å². The normalized spacial score (nSPS) is 16.8. The van der Waals surface area contributed by atoms with E-state index in [0.29, 0.717) is 11.6 Å². The van der Waals surface area contributed by atoms with Crippen molar-refractivity contribution in [2.75, 3.05) is 18.8 Å². The van der Waals surface area contributed by atoms with E-state index in [0.717, 1.165) is 13.1 Å². The molecule has 1 aliphatic heterocycles. The van der Waals surface area contributed by atoms with E-state index in [4.69, 9.17) is 5.73 Å². The zero-order valence-electron chi connectivity index (χ0n) is 11.4. The number of rotatable bonds is 3. The fourth-order valence-corrected chi connectivity index (χ4v) is 2.77. The lowest BCUT2D eigenvalue weighted by Crippen LogP contribution is -2.52. The summed E-state index contributed by atoms with van der Waals surface area (Å²) in [6, 6.07) is 10.4. The van der Waals surface area contributed by atoms with Crippen molar-refractivity contribution in [3.63, 3.8) is 0 Å². The summed E-state index contributed by atoms with van der Waals surface area (Å²) in [6.07, 6.45) is 3.52. The number of carbonyl (C=O) groups excluding carboxylic acids is 1. The van der Waals surface area contributed by atoms with Crippen LogP contribution in [0.5, 0.6) is 0 Å². The molecule has 2 N–H and O–H groups in total. The van der Waals surface area contributed by atoms with Gasteiger partial charge in [-0.05, 0) is 5.56 Å². The molecule has 1 saturated heterocycles. The van der Waals surface area contributed by atoms with E-state index >= 15 is 0 Å². The predicted molar refractivity (Wildman–Crippen MR) is 77.0 cm³/mol. The van der Waals surface area contributed by atoms with Gasteiger partial charge < -0.3 is 10.6 Å². The van der Waals surface area contributed by atoms with E-state index in [1.807, 2.05) is 34.0 Å². The maximum absolute atomic E-state index is 11.4. The summed E-state index contributed by atoms with van der Waals surface area (Å²) in [5.74, 6) is 0.508. The zero-order valence-corrected chi connectivity index (χ0v) is 11.4. The average Bonchev–Trinajstić information content (AvgIpc) is 2.80. The summed E-state index contributed by atoms with van der Waals surface area (Å²) in [4.78, 5) is 13.2. The molecule has 0 bridgehead atoms. The van der Waals surface area contributed by atoms with Crippen molar-refractivity contribution in [2.24, 2.45) is 5.92 Å². The number of aromatic nitrogens is 2. The first kappa shape index (κ1) is 12.7. The zero-order chi connectivity index (χ0) is 14.1. The van der Waals surface area contributed by atoms with Gasteiger partial charge >= 0.3 is 0 Å². The molecule has 0 aliphatic carbocycles. The highest BCUT2D eigenvalue weighted by Gasteiger charge is 2.36. The summed E-state index contributed by atoms with van der Waals surface area (Å²) in [5, 5.41) is 4.35. The van der Waals surface area contributed by atoms with Crippen LogP contribution in [0.3, 0.4) is 0 Å². The molecular weight excluding hydrogens is 252 g/mol. The Labute approximate surface area is 118 Å². The van der Waals surface area contributed by atoms with E-state index in [9.17, 15) is 4.79 Å². The number of nitrogen functional groups attached to an aromatic ring is 1. The average molecular weight is 270 g/mol. The smallest absolute Gasteiger partial charge is 0.219 e. The standard InChI is InChI=1S/C15H18N4O/c1-11(20)18-8-13(9-18)15(12-5-3-2-4-6-12)19-10-14(16)7-17-19/h2-7,10,13,15H,8-9,16H2,1H3. The third kappa shape index (κ3) is 2.27. The van der Waals surface area contributed by atoms with Crippen LogP contribution in [0.4, 0.5) is 5.69 Å². The summed E-state index contributed by atoms with van der Waals surface area (Å²) in [6.45, 7) is 3.16. The van der Waals surface area contributed by atoms with E-state index in [2.05, 4.69) is 17.2 Å². The molecule has 1 fully saturated rings. The van der Waals surface area contributed by atoms with Gasteiger partial charge in [-0.2, -0.15) is 5.10 Å². The van der Waals surface area contributed by atoms with Crippen LogP contribution >= 0.6 is 0 Å². The molecule has 0 saturated carbocycles. The number of hydrogen-bond donors (Lipinski definition) is 1. The highest BCUT2D eigenvalue weighted by atomic mass is 16.2. The Balaban J connectivity index is 1.88. The molecule has 1 aromatic heterocycles. The number of nitrogens with zero attached hydrogens (tertiary/aromatic N) is 3. The van der Waals surface area contributed by atoms with Gasteiger partial charge in [-0.1, -0.05) is 30.3 Å². The number of nitrogens with two attached hydrogens (primary N) is 1. The molecule has 1 aliphatic rings. The molecule has 5 heteroatoms. The van der Waals surface area contributed by atoms with Crippen molar-refractivity contribution in [1.82, 2.24) is 14.7 Å². The number of anilines is 1. The Kier molecular flexibility index (Phi) is 3.18. The lowest BCUT2D eigenvalue weighted by atomic mass is 9.87. The molecule has 0 spiro atoms. The van der Waals surface area contributed by atoms with Gasteiger partial charge in [0.2, 0.25) is 5.91 Å². The molecule has 3 rings (SSSR count). The summed E-state index contributed by atoms with van der Waals surface area (Å²) in [5.41, 5.74) is 7.64. The first-order chi connectivity index (χ1) is 9.65. The van der Waals surface area contributed by atoms with Gasteiger partial charge in [0, 0.05) is 32.1 Å². The molecular formula is C15H18N4O. The molecule has 104 valence electrons. The van der Waals surface area contributed by atoms with Gasteiger partial charge in [-0.3, -0.25) is 9.48 Å². The number of carbonyl (C=O) groups is 1. The van der Waals surface area contributed by atoms with Gasteiger partial charge in [0.25, 0.3) is 0 Å². The van der Waals surface area contributed by atoms with E-state index in [1.165, 1.54) is 5.56 Å². The molecule has 2 aromatic rings. The van der Waals surface area contributed by atoms with Crippen LogP contribution in [0.1, 0.15) is 18.5 Å². The van der Waals surface area contributed by atoms with Gasteiger partial charge in [-0.15, -0.1) is 0 Å². The molecule has 0 radical (unpaired) electrons. The third-order valence-electron chi connectivity index (χ3n) is 3.85. The Bertz CT molecular complexity index is 601. The van der Waals surface area contributed by atoms with Crippen molar-refractivity contribution in [3.05, 3.63) is 48.3 Å². The maximum Gasteiger partial charge on any atom is 0.219 e. The minimum absolute atomic E-state index is 0.129. The number of amides is 1. The second kappa shape index (κ2) is 5.00. The Morgan fingerprint density at radius 1 is 1.35 bits per heavy atom. The van der Waals surface area contributed by atoms with Crippen LogP contribution in [-0.2, 0) is 4.79 Å². The Hall–Kier alpha value is -2.30. The second-order valence-electron chi connectivity index (χ2n) is 5.29. The van der Waals surface area contributed by atoms with Gasteiger partial charge in [-0.25, -0.2) is 0 Å². The maximum atomic E-state index is 11.4. The minimum atomic E-state index is 0.129. The highest BCUT2D eigenvalue weighted by molar-refractivity contribution is 5.74. The van der Waals surface area contributed by atoms with E-state index in [-0.39, 0.29) is 11.9 Å². The fraction of sp³-hybridized carbons (Fsp3) is 0.333. The largest absolute Gasteiger partial charge is 0.396 e. The molecule has 1 unspecified atom stereocenters. The SMILES string of the molecule is CC(=O)N1CC(C(c2ccccc2)n2cc(N)cn2)C1. The highest BCUT2D eigenvalue weighted by Crippen LogP contribution is 2.33. The number of benzene rings is 1. The predicted octanol–water partition coefficient (Wildman–Crippen LogP) is 1.53. The van der Waals surface area contributed by atoms with Crippen molar-refractivity contribution in [2.45, 2.75) is 13.0 Å². The molecule has 20 heavy (non-hydrogen) atoms. The quantitative estimate of drug-likeness (QED) is 0.920. The van der Waals surface area contributed by atoms with E-state index in [1.54, 1.807) is 13.1 Å². The summed E-state index contributed by atoms with van der Waals surface area (Å²) in [7, 11) is 0. The van der Waals surface area contributed by atoms with Crippen molar-refractivity contribution < 1.29 is 4.79 Å². The monoisotopic (exact) mass is 270 g/mol. The third-order valence-corrected chi connectivity index (χ3v) is 3.85. The van der Waals surface area contributed by atoms with Crippen molar-refractivity contribution in [1.29, 1.82) is 0 Å². The van der Waals surface area contributed by atoms with Crippen molar-refractivity contribution >= 4 is 11.6 Å². The second-order valence-corrected chi connectivity index (χ2v) is 5.29. The molecule has 2 heterocycles. The van der Waals surface area contributed by atoms with Crippen LogP contribution in [-0.4, -0.2) is 33.7 Å². The van der Waals surface area contributed by atoms with Crippen LogP contribution in [0.25, 0.3) is 0 Å². The van der Waals surface area contributed by atoms with Gasteiger partial charge in [0.15, 0.2) is 0 Å². The molecule has 1 atom stereocenters. The van der Waals surface area contributed by atoms with Crippen LogP contribution in [0.15, 0.2) is 42.7 Å². The topological polar surface area (TPSA) is 64.2 Å². The Morgan fingerprint density at radius 3 is 2.60 bits per heavy atom. The number of likely N-dealkylation sites (tertiary alicyclic amines) is 1. The lowest BCUT2D eigenvalue weighted by Gasteiger charge is -2.43. The Morgan fingerprint density at radius 2 is 2.05 bits per heavy atom. The molecule has 1 aromatic carbocycles. The minimum Gasteiger partial charge on any atom is -0.396 e. The first-order valence-electron chi connectivity index (χ1n) is 6.75. The van der Waals surface area contributed by atoms with Gasteiger partial charge in [0.1, 0.15) is 0 Å². The molecule has 1 amide bonds. The summed E-state index contributed by atoms with van der Waals surface area (Å²) < 4.78 is 1.91. The van der Waals surface area contributed by atoms with Crippen LogP contribution < -0.4 is 5.73 Å². The lowest BCUT2D eigenvalue weighted by molar-refractivity contribution is -0.135. The van der Waals surface area contributed by atoms with Gasteiger partial charge in [0.05, 0.1) is 17.9 Å². The van der Waals surface area contributed by atoms with Crippen molar-refractivity contribution in [3.8, 4) is 0 Å². The first-order valence-corrected chi connectivity index (χ1v) is 6.75. The number of hydrogen-bond acceptors (Lipinski definition) is 3. The van der Waals surface area contributed by atoms with E-state index < -0.39 is 0 Å².